The molecule has 1 aromatic heterocycles. The Kier molecular flexibility index (Phi) is 3.64. The van der Waals surface area contributed by atoms with E-state index in [0.29, 0.717) is 11.5 Å². The van der Waals surface area contributed by atoms with Crippen LogP contribution in [-0.4, -0.2) is 31.2 Å². The highest BCUT2D eigenvalue weighted by molar-refractivity contribution is 5.57. The van der Waals surface area contributed by atoms with Crippen molar-refractivity contribution in [1.82, 2.24) is 4.98 Å². The van der Waals surface area contributed by atoms with Crippen LogP contribution in [0.1, 0.15) is 5.56 Å². The minimum atomic E-state index is -0.156. The molecule has 1 aliphatic rings. The SMILES string of the molecule is Cc1cc(N)ncc1N1CCN(c2ccccc2F)CC1. The second kappa shape index (κ2) is 5.60. The second-order valence-electron chi connectivity index (χ2n) is 5.32. The maximum absolute atomic E-state index is 13.8. The molecule has 0 aliphatic carbocycles. The molecule has 0 amide bonds. The van der Waals surface area contributed by atoms with Gasteiger partial charge in [0, 0.05) is 26.2 Å². The minimum Gasteiger partial charge on any atom is -0.384 e. The lowest BCUT2D eigenvalue weighted by Crippen LogP contribution is -2.47. The zero-order chi connectivity index (χ0) is 14.8. The lowest BCUT2D eigenvalue weighted by Gasteiger charge is -2.37. The van der Waals surface area contributed by atoms with Crippen LogP contribution in [0.15, 0.2) is 36.5 Å². The van der Waals surface area contributed by atoms with E-state index in [9.17, 15) is 4.39 Å². The van der Waals surface area contributed by atoms with E-state index in [1.54, 1.807) is 6.07 Å². The van der Waals surface area contributed by atoms with Crippen LogP contribution in [-0.2, 0) is 0 Å². The summed E-state index contributed by atoms with van der Waals surface area (Å²) >= 11 is 0. The fourth-order valence-corrected chi connectivity index (χ4v) is 2.80. The van der Waals surface area contributed by atoms with E-state index >= 15 is 0 Å². The zero-order valence-electron chi connectivity index (χ0n) is 12.1. The Labute approximate surface area is 124 Å². The summed E-state index contributed by atoms with van der Waals surface area (Å²) in [6.45, 7) is 5.33. The van der Waals surface area contributed by atoms with Gasteiger partial charge in [-0.1, -0.05) is 12.1 Å². The van der Waals surface area contributed by atoms with Crippen molar-refractivity contribution >= 4 is 17.2 Å². The van der Waals surface area contributed by atoms with Crippen LogP contribution in [0.4, 0.5) is 21.6 Å². The van der Waals surface area contributed by atoms with Gasteiger partial charge in [-0.25, -0.2) is 9.37 Å². The molecule has 1 saturated heterocycles. The Morgan fingerprint density at radius 1 is 1.05 bits per heavy atom. The molecule has 2 heterocycles. The van der Waals surface area contributed by atoms with Gasteiger partial charge in [-0.2, -0.15) is 0 Å². The summed E-state index contributed by atoms with van der Waals surface area (Å²) in [6.07, 6.45) is 1.82. The zero-order valence-corrected chi connectivity index (χ0v) is 12.1. The molecule has 1 fully saturated rings. The van der Waals surface area contributed by atoms with Gasteiger partial charge in [0.15, 0.2) is 0 Å². The maximum Gasteiger partial charge on any atom is 0.146 e. The average Bonchev–Trinajstić information content (AvgIpc) is 2.48. The number of hydrogen-bond acceptors (Lipinski definition) is 4. The number of aromatic nitrogens is 1. The minimum absolute atomic E-state index is 0.156. The molecule has 0 spiro atoms. The molecule has 2 N–H and O–H groups in total. The Balaban J connectivity index is 1.72. The molecule has 4 nitrogen and oxygen atoms in total. The summed E-state index contributed by atoms with van der Waals surface area (Å²) < 4.78 is 13.8. The van der Waals surface area contributed by atoms with E-state index in [1.807, 2.05) is 31.3 Å². The lowest BCUT2D eigenvalue weighted by atomic mass is 10.2. The lowest BCUT2D eigenvalue weighted by molar-refractivity contribution is 0.597. The van der Waals surface area contributed by atoms with Gasteiger partial charge in [0.05, 0.1) is 17.6 Å². The number of anilines is 3. The van der Waals surface area contributed by atoms with Crippen LogP contribution >= 0.6 is 0 Å². The number of para-hydroxylation sites is 1. The van der Waals surface area contributed by atoms with Gasteiger partial charge in [-0.15, -0.1) is 0 Å². The summed E-state index contributed by atoms with van der Waals surface area (Å²) in [4.78, 5) is 8.54. The number of pyridine rings is 1. The summed E-state index contributed by atoms with van der Waals surface area (Å²) in [6, 6.07) is 8.83. The van der Waals surface area contributed by atoms with Crippen molar-refractivity contribution in [3.63, 3.8) is 0 Å². The first kappa shape index (κ1) is 13.7. The van der Waals surface area contributed by atoms with Gasteiger partial charge in [-0.05, 0) is 30.7 Å². The normalized spacial score (nSPS) is 15.3. The summed E-state index contributed by atoms with van der Waals surface area (Å²) in [5.41, 5.74) is 8.61. The number of rotatable bonds is 2. The van der Waals surface area contributed by atoms with E-state index in [0.717, 1.165) is 37.4 Å². The molecular formula is C16H19FN4. The van der Waals surface area contributed by atoms with Gasteiger partial charge >= 0.3 is 0 Å². The first-order valence-corrected chi connectivity index (χ1v) is 7.11. The number of nitrogen functional groups attached to an aromatic ring is 1. The third kappa shape index (κ3) is 2.77. The number of piperazine rings is 1. The molecule has 1 aliphatic heterocycles. The number of nitrogens with zero attached hydrogens (tertiary/aromatic N) is 3. The molecule has 0 saturated carbocycles. The standard InChI is InChI=1S/C16H19FN4/c1-12-10-16(18)19-11-15(12)21-8-6-20(7-9-21)14-5-3-2-4-13(14)17/h2-5,10-11H,6-9H2,1H3,(H2,18,19). The molecule has 1 aromatic carbocycles. The van der Waals surface area contributed by atoms with Gasteiger partial charge in [0.25, 0.3) is 0 Å². The van der Waals surface area contributed by atoms with Crippen LogP contribution in [0, 0.1) is 12.7 Å². The molecule has 0 radical (unpaired) electrons. The fourth-order valence-electron chi connectivity index (χ4n) is 2.80. The predicted octanol–water partition coefficient (Wildman–Crippen LogP) is 2.44. The van der Waals surface area contributed by atoms with Crippen LogP contribution in [0.2, 0.25) is 0 Å². The number of benzene rings is 1. The Morgan fingerprint density at radius 3 is 2.29 bits per heavy atom. The van der Waals surface area contributed by atoms with Crippen molar-refractivity contribution < 1.29 is 4.39 Å². The van der Waals surface area contributed by atoms with Crippen molar-refractivity contribution in [3.05, 3.63) is 47.9 Å². The van der Waals surface area contributed by atoms with Crippen LogP contribution in [0.25, 0.3) is 0 Å². The van der Waals surface area contributed by atoms with Gasteiger partial charge in [-0.3, -0.25) is 0 Å². The van der Waals surface area contributed by atoms with Crippen molar-refractivity contribution in [1.29, 1.82) is 0 Å². The van der Waals surface area contributed by atoms with E-state index in [4.69, 9.17) is 5.73 Å². The molecule has 110 valence electrons. The molecule has 0 unspecified atom stereocenters. The fraction of sp³-hybridized carbons (Fsp3) is 0.312. The summed E-state index contributed by atoms with van der Waals surface area (Å²) in [5.74, 6) is 0.387. The van der Waals surface area contributed by atoms with Crippen LogP contribution < -0.4 is 15.5 Å². The van der Waals surface area contributed by atoms with Crippen molar-refractivity contribution in [2.24, 2.45) is 0 Å². The van der Waals surface area contributed by atoms with Crippen molar-refractivity contribution in [2.75, 3.05) is 41.7 Å². The molecular weight excluding hydrogens is 267 g/mol. The average molecular weight is 286 g/mol. The smallest absolute Gasteiger partial charge is 0.146 e. The van der Waals surface area contributed by atoms with Gasteiger partial charge in [0.1, 0.15) is 11.6 Å². The molecule has 0 bridgehead atoms. The largest absolute Gasteiger partial charge is 0.384 e. The van der Waals surface area contributed by atoms with E-state index < -0.39 is 0 Å². The van der Waals surface area contributed by atoms with Crippen LogP contribution in [0.5, 0.6) is 0 Å². The predicted molar refractivity (Wildman–Crippen MR) is 84.2 cm³/mol. The van der Waals surface area contributed by atoms with Gasteiger partial charge in [0.2, 0.25) is 0 Å². The third-order valence-corrected chi connectivity index (χ3v) is 3.92. The third-order valence-electron chi connectivity index (χ3n) is 3.92. The van der Waals surface area contributed by atoms with Crippen molar-refractivity contribution in [3.8, 4) is 0 Å². The molecule has 2 aromatic rings. The van der Waals surface area contributed by atoms with E-state index in [-0.39, 0.29) is 5.82 Å². The Morgan fingerprint density at radius 2 is 1.67 bits per heavy atom. The topological polar surface area (TPSA) is 45.4 Å². The highest BCUT2D eigenvalue weighted by atomic mass is 19.1. The number of nitrogens with two attached hydrogens (primary N) is 1. The number of aryl methyl sites for hydroxylation is 1. The monoisotopic (exact) mass is 286 g/mol. The molecule has 21 heavy (non-hydrogen) atoms. The number of hydrogen-bond donors (Lipinski definition) is 1. The maximum atomic E-state index is 13.8. The van der Waals surface area contributed by atoms with Crippen LogP contribution in [0.3, 0.4) is 0 Å². The Hall–Kier alpha value is -2.30. The van der Waals surface area contributed by atoms with E-state index in [1.165, 1.54) is 6.07 Å². The van der Waals surface area contributed by atoms with E-state index in [2.05, 4.69) is 14.8 Å². The quantitative estimate of drug-likeness (QED) is 0.921. The second-order valence-corrected chi connectivity index (χ2v) is 5.32. The van der Waals surface area contributed by atoms with Gasteiger partial charge < -0.3 is 15.5 Å². The molecule has 0 atom stereocenters. The Bertz CT molecular complexity index is 636. The number of halogens is 1. The highest BCUT2D eigenvalue weighted by Gasteiger charge is 2.20. The molecule has 5 heteroatoms. The first-order chi connectivity index (χ1) is 10.1. The summed E-state index contributed by atoms with van der Waals surface area (Å²) in [5, 5.41) is 0. The summed E-state index contributed by atoms with van der Waals surface area (Å²) in [7, 11) is 0. The highest BCUT2D eigenvalue weighted by Crippen LogP contribution is 2.25. The van der Waals surface area contributed by atoms with Crippen molar-refractivity contribution in [2.45, 2.75) is 6.92 Å². The first-order valence-electron chi connectivity index (χ1n) is 7.11. The molecule has 3 rings (SSSR count).